The first kappa shape index (κ1) is 10.4. The summed E-state index contributed by atoms with van der Waals surface area (Å²) in [6, 6.07) is 0. The van der Waals surface area contributed by atoms with E-state index in [1.807, 2.05) is 4.40 Å². The molecule has 0 spiro atoms. The minimum Gasteiger partial charge on any atom is -0.266 e. The van der Waals surface area contributed by atoms with Gasteiger partial charge in [-0.2, -0.15) is 0 Å². The lowest BCUT2D eigenvalue weighted by Gasteiger charge is -2.16. The van der Waals surface area contributed by atoms with Crippen LogP contribution in [0.2, 0.25) is 5.15 Å². The molecule has 0 aliphatic heterocycles. The van der Waals surface area contributed by atoms with Gasteiger partial charge in [-0.1, -0.05) is 32.4 Å². The lowest BCUT2D eigenvalue weighted by Crippen LogP contribution is -2.12. The zero-order chi connectivity index (χ0) is 11.1. The Morgan fingerprint density at radius 1 is 1.27 bits per heavy atom. The summed E-state index contributed by atoms with van der Waals surface area (Å²) in [6.45, 7) is 6.47. The van der Waals surface area contributed by atoms with Crippen molar-refractivity contribution in [2.24, 2.45) is 5.41 Å². The minimum absolute atomic E-state index is 0.162. The Bertz CT molecular complexity index is 484. The van der Waals surface area contributed by atoms with E-state index >= 15 is 0 Å². The van der Waals surface area contributed by atoms with Crippen LogP contribution in [0.1, 0.15) is 26.6 Å². The second-order valence-corrected chi connectivity index (χ2v) is 5.16. The van der Waals surface area contributed by atoms with E-state index < -0.39 is 0 Å². The van der Waals surface area contributed by atoms with Gasteiger partial charge in [0.1, 0.15) is 11.0 Å². The van der Waals surface area contributed by atoms with E-state index in [-0.39, 0.29) is 5.41 Å². The van der Waals surface area contributed by atoms with Gasteiger partial charge in [0.15, 0.2) is 5.65 Å². The Kier molecular flexibility index (Phi) is 2.38. The average molecular weight is 225 g/mol. The Hall–Kier alpha value is -1.16. The fraction of sp³-hybridized carbons (Fsp3) is 0.500. The molecule has 2 aromatic heterocycles. The maximum absolute atomic E-state index is 6.05. The van der Waals surface area contributed by atoms with E-state index in [4.69, 9.17) is 11.6 Å². The Balaban J connectivity index is 2.53. The average Bonchev–Trinajstić information content (AvgIpc) is 2.47. The molecule has 4 nitrogen and oxygen atoms in total. The first-order valence-electron chi connectivity index (χ1n) is 4.81. The van der Waals surface area contributed by atoms with Crippen LogP contribution >= 0.6 is 11.6 Å². The summed E-state index contributed by atoms with van der Waals surface area (Å²) in [5, 5.41) is 8.71. The molecule has 0 aliphatic carbocycles. The summed E-state index contributed by atoms with van der Waals surface area (Å²) in [4.78, 5) is 3.97. The van der Waals surface area contributed by atoms with Crippen molar-refractivity contribution in [1.29, 1.82) is 0 Å². The third kappa shape index (κ3) is 2.09. The maximum atomic E-state index is 6.05. The number of aromatic nitrogens is 4. The zero-order valence-electron chi connectivity index (χ0n) is 9.03. The molecular formula is C10H13ClN4. The van der Waals surface area contributed by atoms with Gasteiger partial charge in [-0.3, -0.25) is 9.38 Å². The minimum atomic E-state index is 0.162. The van der Waals surface area contributed by atoms with Gasteiger partial charge in [0.2, 0.25) is 0 Å². The van der Waals surface area contributed by atoms with E-state index in [2.05, 4.69) is 36.0 Å². The Morgan fingerprint density at radius 2 is 2.00 bits per heavy atom. The molecule has 0 aromatic carbocycles. The molecule has 0 aliphatic rings. The summed E-state index contributed by atoms with van der Waals surface area (Å²) >= 11 is 6.05. The van der Waals surface area contributed by atoms with Gasteiger partial charge in [-0.15, -0.1) is 10.2 Å². The molecule has 2 heterocycles. The molecule has 0 saturated heterocycles. The molecule has 5 heteroatoms. The van der Waals surface area contributed by atoms with Crippen LogP contribution in [-0.4, -0.2) is 19.6 Å². The van der Waals surface area contributed by atoms with E-state index in [1.54, 1.807) is 12.4 Å². The second-order valence-electron chi connectivity index (χ2n) is 4.78. The predicted octanol–water partition coefficient (Wildman–Crippen LogP) is 2.37. The smallest absolute Gasteiger partial charge is 0.180 e. The number of nitrogens with zero attached hydrogens (tertiary/aromatic N) is 4. The molecule has 0 atom stereocenters. The molecular weight excluding hydrogens is 212 g/mol. The van der Waals surface area contributed by atoms with E-state index in [0.717, 1.165) is 12.2 Å². The third-order valence-corrected chi connectivity index (χ3v) is 2.29. The topological polar surface area (TPSA) is 43.1 Å². The van der Waals surface area contributed by atoms with Gasteiger partial charge < -0.3 is 0 Å². The van der Waals surface area contributed by atoms with E-state index in [0.29, 0.717) is 10.8 Å². The molecule has 0 N–H and O–H groups in total. The van der Waals surface area contributed by atoms with Gasteiger partial charge >= 0.3 is 0 Å². The SMILES string of the molecule is CC(C)(C)Cc1nnc2cncc(Cl)n12. The summed E-state index contributed by atoms with van der Waals surface area (Å²) in [6.07, 6.45) is 4.09. The van der Waals surface area contributed by atoms with Crippen LogP contribution in [0.5, 0.6) is 0 Å². The van der Waals surface area contributed by atoms with Gasteiger partial charge in [-0.25, -0.2) is 0 Å². The van der Waals surface area contributed by atoms with E-state index in [9.17, 15) is 0 Å². The Labute approximate surface area is 93.3 Å². The third-order valence-electron chi connectivity index (χ3n) is 2.03. The molecule has 2 aromatic rings. The highest BCUT2D eigenvalue weighted by atomic mass is 35.5. The summed E-state index contributed by atoms with van der Waals surface area (Å²) in [5.74, 6) is 0.880. The normalized spacial score (nSPS) is 12.3. The highest BCUT2D eigenvalue weighted by molar-refractivity contribution is 6.29. The van der Waals surface area contributed by atoms with Crippen molar-refractivity contribution in [2.45, 2.75) is 27.2 Å². The largest absolute Gasteiger partial charge is 0.266 e. The lowest BCUT2D eigenvalue weighted by molar-refractivity contribution is 0.399. The number of hydrogen-bond acceptors (Lipinski definition) is 3. The van der Waals surface area contributed by atoms with Gasteiger partial charge in [0, 0.05) is 6.42 Å². The van der Waals surface area contributed by atoms with Crippen molar-refractivity contribution < 1.29 is 0 Å². The van der Waals surface area contributed by atoms with Crippen molar-refractivity contribution in [1.82, 2.24) is 19.6 Å². The lowest BCUT2D eigenvalue weighted by atomic mass is 9.92. The van der Waals surface area contributed by atoms with Crippen molar-refractivity contribution in [2.75, 3.05) is 0 Å². The fourth-order valence-corrected chi connectivity index (χ4v) is 1.70. The van der Waals surface area contributed by atoms with Crippen LogP contribution in [0.25, 0.3) is 5.65 Å². The highest BCUT2D eigenvalue weighted by Gasteiger charge is 2.17. The van der Waals surface area contributed by atoms with Crippen molar-refractivity contribution in [3.63, 3.8) is 0 Å². The fourth-order valence-electron chi connectivity index (χ4n) is 1.46. The Morgan fingerprint density at radius 3 is 2.67 bits per heavy atom. The molecule has 2 rings (SSSR count). The van der Waals surface area contributed by atoms with Crippen LogP contribution < -0.4 is 0 Å². The molecule has 0 amide bonds. The maximum Gasteiger partial charge on any atom is 0.180 e. The van der Waals surface area contributed by atoms with Crippen LogP contribution in [0.4, 0.5) is 0 Å². The summed E-state index contributed by atoms with van der Waals surface area (Å²) < 4.78 is 1.83. The quantitative estimate of drug-likeness (QED) is 0.747. The van der Waals surface area contributed by atoms with Crippen LogP contribution in [0, 0.1) is 5.41 Å². The predicted molar refractivity (Wildman–Crippen MR) is 59.0 cm³/mol. The van der Waals surface area contributed by atoms with Gasteiger partial charge in [-0.05, 0) is 5.41 Å². The van der Waals surface area contributed by atoms with Gasteiger partial charge in [0.05, 0.1) is 12.4 Å². The zero-order valence-corrected chi connectivity index (χ0v) is 9.78. The van der Waals surface area contributed by atoms with Crippen molar-refractivity contribution in [3.8, 4) is 0 Å². The van der Waals surface area contributed by atoms with E-state index in [1.165, 1.54) is 0 Å². The number of rotatable bonds is 1. The van der Waals surface area contributed by atoms with Crippen LogP contribution in [0.3, 0.4) is 0 Å². The number of fused-ring (bicyclic) bond motifs is 1. The van der Waals surface area contributed by atoms with Crippen LogP contribution in [0.15, 0.2) is 12.4 Å². The molecule has 0 radical (unpaired) electrons. The van der Waals surface area contributed by atoms with Crippen molar-refractivity contribution in [3.05, 3.63) is 23.4 Å². The molecule has 15 heavy (non-hydrogen) atoms. The summed E-state index contributed by atoms with van der Waals surface area (Å²) in [7, 11) is 0. The molecule has 0 saturated carbocycles. The first-order chi connectivity index (χ1) is 6.97. The highest BCUT2D eigenvalue weighted by Crippen LogP contribution is 2.21. The van der Waals surface area contributed by atoms with Crippen LogP contribution in [-0.2, 0) is 6.42 Å². The molecule has 0 fully saturated rings. The molecule has 80 valence electrons. The standard InChI is InChI=1S/C10H13ClN4/c1-10(2,3)4-8-13-14-9-6-12-5-7(11)15(8)9/h5-6H,4H2,1-3H3. The van der Waals surface area contributed by atoms with Crippen molar-refractivity contribution >= 4 is 17.2 Å². The summed E-state index contributed by atoms with van der Waals surface area (Å²) in [5.41, 5.74) is 0.858. The second kappa shape index (κ2) is 3.45. The first-order valence-corrected chi connectivity index (χ1v) is 5.19. The monoisotopic (exact) mass is 224 g/mol. The molecule has 0 unspecified atom stereocenters. The van der Waals surface area contributed by atoms with Gasteiger partial charge in [0.25, 0.3) is 0 Å². The number of halogens is 1. The molecule has 0 bridgehead atoms. The number of hydrogen-bond donors (Lipinski definition) is 0.